The van der Waals surface area contributed by atoms with Crippen molar-refractivity contribution >= 4 is 16.6 Å². The highest BCUT2D eigenvalue weighted by Crippen LogP contribution is 2.28. The van der Waals surface area contributed by atoms with E-state index in [0.29, 0.717) is 12.1 Å². The minimum absolute atomic E-state index is 0.532. The summed E-state index contributed by atoms with van der Waals surface area (Å²) in [4.78, 5) is 4.53. The summed E-state index contributed by atoms with van der Waals surface area (Å²) in [6.07, 6.45) is 5.62. The molecular formula is C17H23N3O. The number of anilines is 1. The number of ether oxygens (including phenoxy) is 1. The van der Waals surface area contributed by atoms with Gasteiger partial charge in [-0.25, -0.2) is 9.99 Å². The number of rotatable bonds is 3. The van der Waals surface area contributed by atoms with Gasteiger partial charge < -0.3 is 10.2 Å². The molecule has 4 nitrogen and oxygen atoms in total. The number of nitrogens with one attached hydrogen (secondary N) is 1. The van der Waals surface area contributed by atoms with Crippen LogP contribution in [0.2, 0.25) is 0 Å². The second-order valence-electron chi connectivity index (χ2n) is 5.89. The Bertz CT molecular complexity index is 618. The maximum absolute atomic E-state index is 5.30. The number of nitrogens with zero attached hydrogens (tertiary/aromatic N) is 2. The fourth-order valence-electron chi connectivity index (χ4n) is 3.14. The van der Waals surface area contributed by atoms with E-state index in [1.807, 2.05) is 24.4 Å². The zero-order chi connectivity index (χ0) is 14.8. The first-order valence-electron chi connectivity index (χ1n) is 7.67. The van der Waals surface area contributed by atoms with Crippen molar-refractivity contribution in [2.75, 3.05) is 12.5 Å². The third kappa shape index (κ3) is 2.81. The van der Waals surface area contributed by atoms with Crippen LogP contribution < -0.4 is 10.2 Å². The van der Waals surface area contributed by atoms with Crippen LogP contribution in [0.5, 0.6) is 5.75 Å². The first-order chi connectivity index (χ1) is 10.2. The smallest absolute Gasteiger partial charge is 0.148 e. The third-order valence-electron chi connectivity index (χ3n) is 4.40. The predicted molar refractivity (Wildman–Crippen MR) is 86.5 cm³/mol. The monoisotopic (exact) mass is 285 g/mol. The highest BCUT2D eigenvalue weighted by Gasteiger charge is 2.25. The summed E-state index contributed by atoms with van der Waals surface area (Å²) in [5, 5.41) is 4.61. The Labute approximate surface area is 126 Å². The molecule has 2 unspecified atom stereocenters. The van der Waals surface area contributed by atoms with E-state index in [9.17, 15) is 0 Å². The Balaban J connectivity index is 1.93. The summed E-state index contributed by atoms with van der Waals surface area (Å²) in [6, 6.07) is 9.19. The van der Waals surface area contributed by atoms with Gasteiger partial charge in [0.25, 0.3) is 0 Å². The van der Waals surface area contributed by atoms with Gasteiger partial charge in [0.2, 0.25) is 0 Å². The number of methoxy groups -OCH3 is 1. The van der Waals surface area contributed by atoms with E-state index in [4.69, 9.17) is 4.74 Å². The van der Waals surface area contributed by atoms with Crippen molar-refractivity contribution in [3.8, 4) is 5.75 Å². The van der Waals surface area contributed by atoms with Crippen molar-refractivity contribution in [2.24, 2.45) is 0 Å². The number of hydrogen-bond donors (Lipinski definition) is 1. The van der Waals surface area contributed by atoms with Gasteiger partial charge in [-0.15, -0.1) is 0 Å². The summed E-state index contributed by atoms with van der Waals surface area (Å²) >= 11 is 0. The topological polar surface area (TPSA) is 37.4 Å². The molecule has 3 rings (SSSR count). The fourth-order valence-corrected chi connectivity index (χ4v) is 3.14. The van der Waals surface area contributed by atoms with E-state index >= 15 is 0 Å². The summed E-state index contributed by atoms with van der Waals surface area (Å²) in [6.45, 7) is 4.55. The zero-order valence-corrected chi connectivity index (χ0v) is 13.0. The quantitative estimate of drug-likeness (QED) is 0.930. The molecule has 1 N–H and O–H groups in total. The Hall–Kier alpha value is -1.81. The van der Waals surface area contributed by atoms with E-state index in [-0.39, 0.29) is 0 Å². The van der Waals surface area contributed by atoms with E-state index in [2.05, 4.69) is 35.3 Å². The molecule has 0 amide bonds. The maximum atomic E-state index is 5.30. The van der Waals surface area contributed by atoms with Gasteiger partial charge >= 0.3 is 0 Å². The molecule has 2 heterocycles. The van der Waals surface area contributed by atoms with Crippen molar-refractivity contribution in [1.82, 2.24) is 9.99 Å². The first kappa shape index (κ1) is 14.1. The van der Waals surface area contributed by atoms with E-state index < -0.39 is 0 Å². The minimum atomic E-state index is 0.532. The number of fused-ring (bicyclic) bond motifs is 1. The number of hydrogen-bond acceptors (Lipinski definition) is 4. The number of benzene rings is 1. The standard InChI is InChI=1S/C17H23N3O/c1-12-5-4-6-13(2)20(12)19-17-16-8-7-15(21-3)11-14(16)9-10-18-17/h7-13H,4-6H2,1-3H3,(H,18,19). The van der Waals surface area contributed by atoms with Crippen LogP contribution in [0.25, 0.3) is 10.8 Å². The molecule has 21 heavy (non-hydrogen) atoms. The van der Waals surface area contributed by atoms with Crippen molar-refractivity contribution in [1.29, 1.82) is 0 Å². The summed E-state index contributed by atoms with van der Waals surface area (Å²) < 4.78 is 5.30. The summed E-state index contributed by atoms with van der Waals surface area (Å²) in [7, 11) is 1.69. The van der Waals surface area contributed by atoms with Crippen LogP contribution in [0, 0.1) is 0 Å². The normalized spacial score (nSPS) is 23.2. The molecule has 2 atom stereocenters. The Morgan fingerprint density at radius 3 is 2.67 bits per heavy atom. The Morgan fingerprint density at radius 1 is 1.19 bits per heavy atom. The second kappa shape index (κ2) is 5.90. The number of pyridine rings is 1. The van der Waals surface area contributed by atoms with E-state index in [0.717, 1.165) is 22.3 Å². The molecule has 1 fully saturated rings. The average Bonchev–Trinajstić information content (AvgIpc) is 2.50. The average molecular weight is 285 g/mol. The Morgan fingerprint density at radius 2 is 1.95 bits per heavy atom. The Kier molecular flexibility index (Phi) is 3.97. The molecule has 4 heteroatoms. The SMILES string of the molecule is COc1ccc2c(NN3C(C)CCCC3C)nccc2c1. The highest BCUT2D eigenvalue weighted by atomic mass is 16.5. The van der Waals surface area contributed by atoms with Crippen molar-refractivity contribution in [2.45, 2.75) is 45.2 Å². The van der Waals surface area contributed by atoms with Crippen LogP contribution in [-0.2, 0) is 0 Å². The van der Waals surface area contributed by atoms with Crippen molar-refractivity contribution in [3.05, 3.63) is 30.5 Å². The van der Waals surface area contributed by atoms with Crippen LogP contribution in [0.1, 0.15) is 33.1 Å². The molecule has 1 aromatic carbocycles. The molecule has 0 radical (unpaired) electrons. The van der Waals surface area contributed by atoms with E-state index in [1.165, 1.54) is 19.3 Å². The fraction of sp³-hybridized carbons (Fsp3) is 0.471. The lowest BCUT2D eigenvalue weighted by atomic mass is 10.00. The van der Waals surface area contributed by atoms with Crippen LogP contribution in [0.15, 0.2) is 30.5 Å². The highest BCUT2D eigenvalue weighted by molar-refractivity contribution is 5.92. The lowest BCUT2D eigenvalue weighted by Crippen LogP contribution is -2.47. The van der Waals surface area contributed by atoms with Crippen LogP contribution in [0.4, 0.5) is 5.82 Å². The minimum Gasteiger partial charge on any atom is -0.497 e. The third-order valence-corrected chi connectivity index (χ3v) is 4.40. The van der Waals surface area contributed by atoms with Crippen LogP contribution >= 0.6 is 0 Å². The van der Waals surface area contributed by atoms with Gasteiger partial charge in [-0.1, -0.05) is 6.42 Å². The molecule has 1 saturated heterocycles. The maximum Gasteiger partial charge on any atom is 0.148 e. The molecule has 0 saturated carbocycles. The number of hydrazine groups is 1. The molecule has 1 aliphatic heterocycles. The lowest BCUT2D eigenvalue weighted by Gasteiger charge is -2.39. The van der Waals surface area contributed by atoms with Gasteiger partial charge in [-0.3, -0.25) is 0 Å². The van der Waals surface area contributed by atoms with Gasteiger partial charge in [0.1, 0.15) is 11.6 Å². The number of piperidine rings is 1. The molecule has 0 spiro atoms. The van der Waals surface area contributed by atoms with Crippen LogP contribution in [-0.4, -0.2) is 29.2 Å². The summed E-state index contributed by atoms with van der Waals surface area (Å²) in [5.74, 6) is 1.80. The second-order valence-corrected chi connectivity index (χ2v) is 5.89. The van der Waals surface area contributed by atoms with E-state index in [1.54, 1.807) is 7.11 Å². The molecular weight excluding hydrogens is 262 g/mol. The summed E-state index contributed by atoms with van der Waals surface area (Å²) in [5.41, 5.74) is 3.54. The molecule has 2 aromatic rings. The first-order valence-corrected chi connectivity index (χ1v) is 7.67. The van der Waals surface area contributed by atoms with Gasteiger partial charge in [-0.05, 0) is 56.3 Å². The van der Waals surface area contributed by atoms with Gasteiger partial charge in [0, 0.05) is 23.7 Å². The molecule has 0 aliphatic carbocycles. The molecule has 1 aromatic heterocycles. The molecule has 1 aliphatic rings. The zero-order valence-electron chi connectivity index (χ0n) is 13.0. The van der Waals surface area contributed by atoms with Gasteiger partial charge in [0.15, 0.2) is 0 Å². The van der Waals surface area contributed by atoms with Crippen molar-refractivity contribution in [3.63, 3.8) is 0 Å². The van der Waals surface area contributed by atoms with Gasteiger partial charge in [0.05, 0.1) is 7.11 Å². The van der Waals surface area contributed by atoms with Crippen molar-refractivity contribution < 1.29 is 4.74 Å². The largest absolute Gasteiger partial charge is 0.497 e. The molecule has 0 bridgehead atoms. The lowest BCUT2D eigenvalue weighted by molar-refractivity contribution is 0.135. The van der Waals surface area contributed by atoms with Gasteiger partial charge in [-0.2, -0.15) is 0 Å². The number of aromatic nitrogens is 1. The molecule has 112 valence electrons. The predicted octanol–water partition coefficient (Wildman–Crippen LogP) is 3.83. The van der Waals surface area contributed by atoms with Crippen LogP contribution in [0.3, 0.4) is 0 Å².